The van der Waals surface area contributed by atoms with E-state index in [0.717, 1.165) is 0 Å². The first kappa shape index (κ1) is 18.4. The number of halogens is 1. The van der Waals surface area contributed by atoms with Gasteiger partial charge in [-0.2, -0.15) is 4.80 Å². The van der Waals surface area contributed by atoms with Crippen LogP contribution in [0.1, 0.15) is 12.8 Å². The van der Waals surface area contributed by atoms with E-state index in [-0.39, 0.29) is 24.2 Å². The highest BCUT2D eigenvalue weighted by Gasteiger charge is 2.21. The Hall–Kier alpha value is -2.39. The third kappa shape index (κ3) is 4.83. The van der Waals surface area contributed by atoms with Crippen molar-refractivity contribution >= 4 is 5.91 Å². The van der Waals surface area contributed by atoms with Gasteiger partial charge in [0.15, 0.2) is 0 Å². The average Bonchev–Trinajstić information content (AvgIpc) is 2.98. The maximum atomic E-state index is 13.0. The van der Waals surface area contributed by atoms with Crippen molar-refractivity contribution in [2.75, 3.05) is 32.9 Å². The third-order valence-corrected chi connectivity index (χ3v) is 4.25. The first-order valence-corrected chi connectivity index (χ1v) is 8.66. The molecule has 0 bridgehead atoms. The number of amides is 1. The normalized spacial score (nSPS) is 17.9. The lowest BCUT2D eigenvalue weighted by atomic mass is 10.1. The Bertz CT molecular complexity index is 721. The molecule has 3 rings (SSSR count). The molecular weight excluding hydrogens is 341 g/mol. The summed E-state index contributed by atoms with van der Waals surface area (Å²) in [6.07, 6.45) is 0.949. The highest BCUT2D eigenvalue weighted by atomic mass is 19.1. The maximum absolute atomic E-state index is 13.0. The van der Waals surface area contributed by atoms with Gasteiger partial charge in [0.2, 0.25) is 11.7 Å². The minimum Gasteiger partial charge on any atom is -0.396 e. The van der Waals surface area contributed by atoms with E-state index in [1.54, 1.807) is 17.0 Å². The Morgan fingerprint density at radius 1 is 1.35 bits per heavy atom. The molecule has 140 valence electrons. The summed E-state index contributed by atoms with van der Waals surface area (Å²) < 4.78 is 18.4. The minimum atomic E-state index is -0.318. The maximum Gasteiger partial charge on any atom is 0.222 e. The number of aryl methyl sites for hydroxylation is 1. The first-order chi connectivity index (χ1) is 12.7. The third-order valence-electron chi connectivity index (χ3n) is 4.25. The molecule has 1 amide bonds. The van der Waals surface area contributed by atoms with E-state index in [9.17, 15) is 14.3 Å². The lowest BCUT2D eigenvalue weighted by Crippen LogP contribution is -2.36. The van der Waals surface area contributed by atoms with E-state index < -0.39 is 0 Å². The summed E-state index contributed by atoms with van der Waals surface area (Å²) in [6.45, 7) is 2.52. The van der Waals surface area contributed by atoms with Crippen LogP contribution in [-0.2, 0) is 16.1 Å². The van der Waals surface area contributed by atoms with Crippen LogP contribution in [0.3, 0.4) is 0 Å². The molecule has 1 unspecified atom stereocenters. The van der Waals surface area contributed by atoms with E-state index in [1.807, 2.05) is 0 Å². The van der Waals surface area contributed by atoms with Crippen LogP contribution >= 0.6 is 0 Å². The summed E-state index contributed by atoms with van der Waals surface area (Å²) in [5.41, 5.74) is 0.688. The largest absolute Gasteiger partial charge is 0.396 e. The van der Waals surface area contributed by atoms with Crippen molar-refractivity contribution in [1.29, 1.82) is 0 Å². The van der Waals surface area contributed by atoms with Crippen molar-refractivity contribution in [2.45, 2.75) is 19.4 Å². The number of hydrogen-bond acceptors (Lipinski definition) is 6. The molecule has 1 saturated heterocycles. The number of aromatic nitrogens is 4. The molecule has 26 heavy (non-hydrogen) atoms. The second kappa shape index (κ2) is 8.81. The number of tetrazole rings is 1. The number of nitrogens with zero attached hydrogens (tertiary/aromatic N) is 5. The number of aliphatic hydroxyl groups is 1. The Morgan fingerprint density at radius 2 is 2.15 bits per heavy atom. The van der Waals surface area contributed by atoms with Gasteiger partial charge in [0, 0.05) is 37.6 Å². The molecular formula is C17H22FN5O3. The summed E-state index contributed by atoms with van der Waals surface area (Å²) in [5.74, 6) is 0.110. The minimum absolute atomic E-state index is 0.0127. The van der Waals surface area contributed by atoms with Gasteiger partial charge in [-0.05, 0) is 35.9 Å². The predicted molar refractivity (Wildman–Crippen MR) is 90.4 cm³/mol. The Kier molecular flexibility index (Phi) is 6.24. The molecule has 2 aromatic rings. The molecule has 0 radical (unpaired) electrons. The van der Waals surface area contributed by atoms with Gasteiger partial charge in [0.25, 0.3) is 0 Å². The van der Waals surface area contributed by atoms with Gasteiger partial charge in [-0.3, -0.25) is 4.79 Å². The van der Waals surface area contributed by atoms with E-state index in [1.165, 1.54) is 16.9 Å². The van der Waals surface area contributed by atoms with Gasteiger partial charge >= 0.3 is 0 Å². The summed E-state index contributed by atoms with van der Waals surface area (Å²) in [6, 6.07) is 5.89. The van der Waals surface area contributed by atoms with Crippen LogP contribution in [-0.4, -0.2) is 69.0 Å². The van der Waals surface area contributed by atoms with Crippen LogP contribution in [0.15, 0.2) is 24.3 Å². The van der Waals surface area contributed by atoms with Crippen molar-refractivity contribution in [3.8, 4) is 11.4 Å². The van der Waals surface area contributed by atoms with Crippen molar-refractivity contribution in [3.63, 3.8) is 0 Å². The Labute approximate surface area is 150 Å². The van der Waals surface area contributed by atoms with Crippen LogP contribution in [0.5, 0.6) is 0 Å². The molecule has 8 nitrogen and oxygen atoms in total. The molecule has 1 aromatic heterocycles. The number of hydrogen-bond donors (Lipinski definition) is 1. The molecule has 0 saturated carbocycles. The lowest BCUT2D eigenvalue weighted by molar-refractivity contribution is -0.131. The summed E-state index contributed by atoms with van der Waals surface area (Å²) in [4.78, 5) is 15.5. The second-order valence-corrected chi connectivity index (χ2v) is 6.28. The van der Waals surface area contributed by atoms with E-state index >= 15 is 0 Å². The molecule has 9 heteroatoms. The van der Waals surface area contributed by atoms with Crippen LogP contribution in [0.25, 0.3) is 11.4 Å². The van der Waals surface area contributed by atoms with Crippen molar-refractivity contribution in [1.82, 2.24) is 25.1 Å². The van der Waals surface area contributed by atoms with Crippen molar-refractivity contribution in [2.24, 2.45) is 5.92 Å². The van der Waals surface area contributed by atoms with Crippen molar-refractivity contribution in [3.05, 3.63) is 30.1 Å². The fraction of sp³-hybridized carbons (Fsp3) is 0.529. The number of ether oxygens (including phenoxy) is 1. The fourth-order valence-electron chi connectivity index (χ4n) is 2.80. The van der Waals surface area contributed by atoms with Gasteiger partial charge in [0.05, 0.1) is 19.8 Å². The number of aliphatic hydroxyl groups excluding tert-OH is 1. The molecule has 1 atom stereocenters. The zero-order chi connectivity index (χ0) is 18.4. The van der Waals surface area contributed by atoms with Crippen molar-refractivity contribution < 1.29 is 19.0 Å². The van der Waals surface area contributed by atoms with E-state index in [4.69, 9.17) is 4.74 Å². The number of carbonyl (C=O) groups excluding carboxylic acids is 1. The van der Waals surface area contributed by atoms with Crippen LogP contribution in [0.2, 0.25) is 0 Å². The molecule has 1 aromatic carbocycles. The van der Waals surface area contributed by atoms with Gasteiger partial charge < -0.3 is 14.7 Å². The first-order valence-electron chi connectivity index (χ1n) is 8.66. The Morgan fingerprint density at radius 3 is 2.92 bits per heavy atom. The predicted octanol–water partition coefficient (Wildman–Crippen LogP) is 0.727. The van der Waals surface area contributed by atoms with Gasteiger partial charge in [-0.1, -0.05) is 0 Å². The molecule has 1 fully saturated rings. The SMILES string of the molecule is O=C(CCCn1nnc(-c2ccc(F)cc2)n1)N1CCOCC(CO)C1. The zero-order valence-corrected chi connectivity index (χ0v) is 14.4. The highest BCUT2D eigenvalue weighted by Crippen LogP contribution is 2.14. The van der Waals surface area contributed by atoms with Crippen LogP contribution < -0.4 is 0 Å². The molecule has 1 aliphatic heterocycles. The number of carbonyl (C=O) groups is 1. The van der Waals surface area contributed by atoms with Gasteiger partial charge in [-0.15, -0.1) is 10.2 Å². The standard InChI is InChI=1S/C17H22FN5O3/c18-15-5-3-14(4-6-15)17-19-21-23(20-17)7-1-2-16(25)22-8-9-26-12-13(10-22)11-24/h3-6,13,24H,1-2,7-12H2. The lowest BCUT2D eigenvalue weighted by Gasteiger charge is -2.22. The summed E-state index contributed by atoms with van der Waals surface area (Å²) in [5, 5.41) is 21.5. The van der Waals surface area contributed by atoms with Crippen LogP contribution in [0, 0.1) is 11.7 Å². The van der Waals surface area contributed by atoms with Gasteiger partial charge in [-0.25, -0.2) is 4.39 Å². The summed E-state index contributed by atoms with van der Waals surface area (Å²) in [7, 11) is 0. The molecule has 0 spiro atoms. The smallest absolute Gasteiger partial charge is 0.222 e. The molecule has 1 N–H and O–H groups in total. The molecule has 0 aliphatic carbocycles. The van der Waals surface area contributed by atoms with E-state index in [0.29, 0.717) is 57.1 Å². The number of benzene rings is 1. The van der Waals surface area contributed by atoms with Crippen LogP contribution in [0.4, 0.5) is 4.39 Å². The second-order valence-electron chi connectivity index (χ2n) is 6.28. The van der Waals surface area contributed by atoms with Gasteiger partial charge in [0.1, 0.15) is 5.82 Å². The summed E-state index contributed by atoms with van der Waals surface area (Å²) >= 11 is 0. The molecule has 2 heterocycles. The average molecular weight is 363 g/mol. The fourth-order valence-corrected chi connectivity index (χ4v) is 2.80. The Balaban J connectivity index is 1.48. The molecule has 1 aliphatic rings. The quantitative estimate of drug-likeness (QED) is 0.813. The van der Waals surface area contributed by atoms with E-state index in [2.05, 4.69) is 15.4 Å². The highest BCUT2D eigenvalue weighted by molar-refractivity contribution is 5.76. The topological polar surface area (TPSA) is 93.4 Å². The number of rotatable bonds is 6. The monoisotopic (exact) mass is 363 g/mol. The zero-order valence-electron chi connectivity index (χ0n) is 14.4.